The van der Waals surface area contributed by atoms with Gasteiger partial charge in [0.15, 0.2) is 0 Å². The molecule has 2 aliphatic rings. The maximum atomic E-state index is 12.1. The SMILES string of the molecule is O=C(O)C(CC(F)(F)F)NC(=O)C1C2CCCC21. The average molecular weight is 265 g/mol. The summed E-state index contributed by atoms with van der Waals surface area (Å²) in [5.41, 5.74) is 0. The van der Waals surface area contributed by atoms with Gasteiger partial charge in [0.05, 0.1) is 6.42 Å². The number of rotatable bonds is 4. The van der Waals surface area contributed by atoms with Gasteiger partial charge in [-0.3, -0.25) is 4.79 Å². The Morgan fingerprint density at radius 1 is 1.28 bits per heavy atom. The van der Waals surface area contributed by atoms with Gasteiger partial charge >= 0.3 is 12.1 Å². The van der Waals surface area contributed by atoms with Crippen molar-refractivity contribution >= 4 is 11.9 Å². The second-order valence-corrected chi connectivity index (χ2v) is 5.00. The van der Waals surface area contributed by atoms with Crippen LogP contribution in [0.15, 0.2) is 0 Å². The topological polar surface area (TPSA) is 66.4 Å². The summed E-state index contributed by atoms with van der Waals surface area (Å²) < 4.78 is 36.4. The molecule has 2 fully saturated rings. The normalized spacial score (nSPS) is 31.6. The molecule has 0 aromatic carbocycles. The number of carboxylic acid groups (broad SMARTS) is 1. The Bertz CT molecular complexity index is 359. The number of carbonyl (C=O) groups is 2. The van der Waals surface area contributed by atoms with E-state index in [0.29, 0.717) is 0 Å². The Kier molecular flexibility index (Phi) is 3.25. The smallest absolute Gasteiger partial charge is 0.391 e. The number of aliphatic carboxylic acids is 1. The molecule has 0 aliphatic heterocycles. The molecule has 102 valence electrons. The molecular formula is C11H14F3NO3. The number of hydrogen-bond acceptors (Lipinski definition) is 2. The monoisotopic (exact) mass is 265 g/mol. The van der Waals surface area contributed by atoms with Crippen LogP contribution in [-0.4, -0.2) is 29.2 Å². The second kappa shape index (κ2) is 4.44. The first-order valence-electron chi connectivity index (χ1n) is 5.89. The van der Waals surface area contributed by atoms with E-state index in [1.165, 1.54) is 0 Å². The molecule has 0 aromatic rings. The first-order chi connectivity index (χ1) is 8.29. The minimum atomic E-state index is -4.60. The Morgan fingerprint density at radius 2 is 1.83 bits per heavy atom. The molecule has 2 N–H and O–H groups in total. The molecule has 18 heavy (non-hydrogen) atoms. The highest BCUT2D eigenvalue weighted by Crippen LogP contribution is 2.57. The number of halogens is 3. The maximum absolute atomic E-state index is 12.1. The number of carbonyl (C=O) groups excluding carboxylic acids is 1. The van der Waals surface area contributed by atoms with E-state index in [-0.39, 0.29) is 17.8 Å². The molecule has 7 heteroatoms. The third-order valence-corrected chi connectivity index (χ3v) is 3.76. The summed E-state index contributed by atoms with van der Waals surface area (Å²) in [7, 11) is 0. The average Bonchev–Trinajstić information content (AvgIpc) is 2.70. The first-order valence-corrected chi connectivity index (χ1v) is 5.89. The molecule has 0 saturated heterocycles. The van der Waals surface area contributed by atoms with Gasteiger partial charge in [-0.1, -0.05) is 6.42 Å². The lowest BCUT2D eigenvalue weighted by atomic mass is 10.1. The highest BCUT2D eigenvalue weighted by atomic mass is 19.4. The molecular weight excluding hydrogens is 251 g/mol. The van der Waals surface area contributed by atoms with Crippen LogP contribution in [0.3, 0.4) is 0 Å². The fraction of sp³-hybridized carbons (Fsp3) is 0.818. The minimum Gasteiger partial charge on any atom is -0.480 e. The summed E-state index contributed by atoms with van der Waals surface area (Å²) in [5, 5.41) is 10.7. The zero-order valence-corrected chi connectivity index (χ0v) is 9.54. The second-order valence-electron chi connectivity index (χ2n) is 5.00. The summed E-state index contributed by atoms with van der Waals surface area (Å²) >= 11 is 0. The van der Waals surface area contributed by atoms with Crippen LogP contribution in [0.4, 0.5) is 13.2 Å². The minimum absolute atomic E-state index is 0.255. The highest BCUT2D eigenvalue weighted by Gasteiger charge is 2.57. The van der Waals surface area contributed by atoms with Crippen molar-refractivity contribution < 1.29 is 27.9 Å². The van der Waals surface area contributed by atoms with E-state index >= 15 is 0 Å². The number of amides is 1. The molecule has 2 saturated carbocycles. The lowest BCUT2D eigenvalue weighted by Gasteiger charge is -2.16. The number of nitrogens with one attached hydrogen (secondary N) is 1. The molecule has 2 rings (SSSR count). The van der Waals surface area contributed by atoms with E-state index in [9.17, 15) is 22.8 Å². The van der Waals surface area contributed by atoms with Crippen LogP contribution in [0, 0.1) is 17.8 Å². The number of hydrogen-bond donors (Lipinski definition) is 2. The molecule has 2 aliphatic carbocycles. The summed E-state index contributed by atoms with van der Waals surface area (Å²) in [4.78, 5) is 22.4. The summed E-state index contributed by atoms with van der Waals surface area (Å²) in [6, 6.07) is -1.88. The molecule has 0 heterocycles. The summed E-state index contributed by atoms with van der Waals surface area (Å²) in [6.07, 6.45) is -3.25. The predicted molar refractivity (Wildman–Crippen MR) is 54.6 cm³/mol. The molecule has 0 spiro atoms. The van der Waals surface area contributed by atoms with E-state index in [4.69, 9.17) is 5.11 Å². The van der Waals surface area contributed by atoms with Crippen molar-refractivity contribution in [2.24, 2.45) is 17.8 Å². The molecule has 0 bridgehead atoms. The first kappa shape index (κ1) is 13.2. The van der Waals surface area contributed by atoms with E-state index < -0.39 is 30.5 Å². The van der Waals surface area contributed by atoms with Crippen molar-refractivity contribution in [2.75, 3.05) is 0 Å². The third-order valence-electron chi connectivity index (χ3n) is 3.76. The Labute approximate surface area is 102 Å². The Balaban J connectivity index is 1.89. The van der Waals surface area contributed by atoms with Crippen LogP contribution in [-0.2, 0) is 9.59 Å². The fourth-order valence-corrected chi connectivity index (χ4v) is 2.91. The Hall–Kier alpha value is -1.27. The van der Waals surface area contributed by atoms with Gasteiger partial charge in [0.1, 0.15) is 6.04 Å². The molecule has 3 unspecified atom stereocenters. The summed E-state index contributed by atoms with van der Waals surface area (Å²) in [5.74, 6) is -1.95. The molecule has 1 amide bonds. The maximum Gasteiger partial charge on any atom is 0.391 e. The van der Waals surface area contributed by atoms with Crippen LogP contribution >= 0.6 is 0 Å². The molecule has 4 nitrogen and oxygen atoms in total. The highest BCUT2D eigenvalue weighted by molar-refractivity contribution is 5.87. The zero-order chi connectivity index (χ0) is 13.5. The van der Waals surface area contributed by atoms with Crippen LogP contribution in [0.1, 0.15) is 25.7 Å². The van der Waals surface area contributed by atoms with Crippen molar-refractivity contribution in [1.82, 2.24) is 5.32 Å². The van der Waals surface area contributed by atoms with Gasteiger partial charge < -0.3 is 10.4 Å². The van der Waals surface area contributed by atoms with Gasteiger partial charge in [-0.25, -0.2) is 4.79 Å². The van der Waals surface area contributed by atoms with Crippen LogP contribution in [0.2, 0.25) is 0 Å². The van der Waals surface area contributed by atoms with E-state index in [0.717, 1.165) is 19.3 Å². The standard InChI is InChI=1S/C11H14F3NO3/c12-11(13,14)4-7(10(17)18)15-9(16)8-5-2-1-3-6(5)8/h5-8H,1-4H2,(H,15,16)(H,17,18). The van der Waals surface area contributed by atoms with Crippen LogP contribution in [0.5, 0.6) is 0 Å². The van der Waals surface area contributed by atoms with E-state index in [1.54, 1.807) is 0 Å². The quantitative estimate of drug-likeness (QED) is 0.810. The predicted octanol–water partition coefficient (Wildman–Crippen LogP) is 1.55. The van der Waals surface area contributed by atoms with Gasteiger partial charge in [-0.2, -0.15) is 13.2 Å². The van der Waals surface area contributed by atoms with Gasteiger partial charge in [-0.15, -0.1) is 0 Å². The molecule has 3 atom stereocenters. The van der Waals surface area contributed by atoms with E-state index in [1.807, 2.05) is 5.32 Å². The van der Waals surface area contributed by atoms with Crippen molar-refractivity contribution in [3.63, 3.8) is 0 Å². The number of fused-ring (bicyclic) bond motifs is 1. The van der Waals surface area contributed by atoms with Crippen molar-refractivity contribution in [2.45, 2.75) is 37.9 Å². The third kappa shape index (κ3) is 2.76. The fourth-order valence-electron chi connectivity index (χ4n) is 2.91. The van der Waals surface area contributed by atoms with Gasteiger partial charge in [0.25, 0.3) is 0 Å². The van der Waals surface area contributed by atoms with Crippen LogP contribution < -0.4 is 5.32 Å². The van der Waals surface area contributed by atoms with Gasteiger partial charge in [-0.05, 0) is 24.7 Å². The lowest BCUT2D eigenvalue weighted by molar-refractivity contribution is -0.160. The van der Waals surface area contributed by atoms with Crippen molar-refractivity contribution in [1.29, 1.82) is 0 Å². The number of carboxylic acids is 1. The van der Waals surface area contributed by atoms with Gasteiger partial charge in [0.2, 0.25) is 5.91 Å². The largest absolute Gasteiger partial charge is 0.480 e. The van der Waals surface area contributed by atoms with Crippen LogP contribution in [0.25, 0.3) is 0 Å². The Morgan fingerprint density at radius 3 is 2.28 bits per heavy atom. The van der Waals surface area contributed by atoms with Crippen molar-refractivity contribution in [3.8, 4) is 0 Å². The van der Waals surface area contributed by atoms with Gasteiger partial charge in [0, 0.05) is 5.92 Å². The zero-order valence-electron chi connectivity index (χ0n) is 9.54. The number of alkyl halides is 3. The molecule has 0 radical (unpaired) electrons. The molecule has 0 aromatic heterocycles. The van der Waals surface area contributed by atoms with E-state index in [2.05, 4.69) is 0 Å². The lowest BCUT2D eigenvalue weighted by Crippen LogP contribution is -2.44. The summed E-state index contributed by atoms with van der Waals surface area (Å²) in [6.45, 7) is 0. The van der Waals surface area contributed by atoms with Crippen molar-refractivity contribution in [3.05, 3.63) is 0 Å².